The zero-order chi connectivity index (χ0) is 12.6. The predicted molar refractivity (Wildman–Crippen MR) is 65.1 cm³/mol. The summed E-state index contributed by atoms with van der Waals surface area (Å²) >= 11 is 0. The van der Waals surface area contributed by atoms with Crippen molar-refractivity contribution in [2.75, 3.05) is 0 Å². The third kappa shape index (κ3) is 2.68. The number of carboxylic acid groups (broad SMARTS) is 1. The molecule has 0 bridgehead atoms. The second kappa shape index (κ2) is 4.17. The van der Waals surface area contributed by atoms with Crippen molar-refractivity contribution in [2.45, 2.75) is 52.4 Å². The Bertz CT molecular complexity index is 429. The highest BCUT2D eigenvalue weighted by Gasteiger charge is 2.30. The molecular weight excluding hydrogens is 216 g/mol. The van der Waals surface area contributed by atoms with Crippen molar-refractivity contribution in [2.24, 2.45) is 5.41 Å². The van der Waals surface area contributed by atoms with E-state index in [0.29, 0.717) is 6.42 Å². The molecule has 1 unspecified atom stereocenters. The summed E-state index contributed by atoms with van der Waals surface area (Å²) in [5.74, 6) is -0.237. The topological polar surface area (TPSA) is 66.0 Å². The van der Waals surface area contributed by atoms with Gasteiger partial charge >= 0.3 is 5.97 Å². The first kappa shape index (κ1) is 12.1. The zero-order valence-electron chi connectivity index (χ0n) is 10.7. The first-order valence-electron chi connectivity index (χ1n) is 6.17. The number of carbonyl (C=O) groups is 1. The molecule has 4 nitrogen and oxygen atoms in total. The van der Waals surface area contributed by atoms with Crippen LogP contribution in [-0.2, 0) is 17.6 Å². The fraction of sp³-hybridized carbons (Fsp3) is 0.692. The molecule has 0 saturated heterocycles. The van der Waals surface area contributed by atoms with Crippen LogP contribution < -0.4 is 0 Å². The minimum absolute atomic E-state index is 0.166. The van der Waals surface area contributed by atoms with Crippen molar-refractivity contribution in [1.29, 1.82) is 0 Å². The van der Waals surface area contributed by atoms with Gasteiger partial charge in [-0.05, 0) is 24.7 Å². The van der Waals surface area contributed by atoms with E-state index in [1.165, 1.54) is 0 Å². The number of nitrogens with zero attached hydrogens (tertiary/aromatic N) is 1. The maximum Gasteiger partial charge on any atom is 0.312 e. The molecule has 1 aromatic heterocycles. The number of hydrogen-bond acceptors (Lipinski definition) is 2. The van der Waals surface area contributed by atoms with Crippen molar-refractivity contribution in [3.63, 3.8) is 0 Å². The average molecular weight is 236 g/mol. The molecular formula is C13H20N2O2. The number of nitrogens with one attached hydrogen (secondary N) is 1. The van der Waals surface area contributed by atoms with Gasteiger partial charge in [-0.25, -0.2) is 4.98 Å². The Hall–Kier alpha value is -1.32. The summed E-state index contributed by atoms with van der Waals surface area (Å²) in [5.41, 5.74) is 1.96. The molecule has 1 aliphatic carbocycles. The molecule has 2 rings (SSSR count). The lowest BCUT2D eigenvalue weighted by atomic mass is 9.90. The van der Waals surface area contributed by atoms with E-state index < -0.39 is 11.9 Å². The van der Waals surface area contributed by atoms with Crippen LogP contribution in [0.3, 0.4) is 0 Å². The summed E-state index contributed by atoms with van der Waals surface area (Å²) < 4.78 is 0. The molecule has 0 aliphatic heterocycles. The Balaban J connectivity index is 2.28. The molecule has 1 atom stereocenters. The number of rotatable bonds is 2. The summed E-state index contributed by atoms with van der Waals surface area (Å²) in [7, 11) is 0. The smallest absolute Gasteiger partial charge is 0.312 e. The molecule has 0 aromatic carbocycles. The monoisotopic (exact) mass is 236 g/mol. The fourth-order valence-corrected chi connectivity index (χ4v) is 2.40. The maximum atomic E-state index is 11.2. The Morgan fingerprint density at radius 2 is 2.24 bits per heavy atom. The quantitative estimate of drug-likeness (QED) is 0.829. The predicted octanol–water partition coefficient (Wildman–Crippen LogP) is 2.50. The van der Waals surface area contributed by atoms with Gasteiger partial charge in [0.05, 0.1) is 5.69 Å². The summed E-state index contributed by atoms with van der Waals surface area (Å²) in [5, 5.41) is 9.17. The summed E-state index contributed by atoms with van der Waals surface area (Å²) in [4.78, 5) is 19.0. The van der Waals surface area contributed by atoms with Crippen molar-refractivity contribution in [3.8, 4) is 0 Å². The molecule has 0 saturated carbocycles. The third-order valence-corrected chi connectivity index (χ3v) is 3.11. The van der Waals surface area contributed by atoms with Crippen LogP contribution in [0.1, 0.15) is 56.7 Å². The number of H-pyrrole nitrogens is 1. The van der Waals surface area contributed by atoms with Crippen LogP contribution >= 0.6 is 0 Å². The molecule has 94 valence electrons. The minimum Gasteiger partial charge on any atom is -0.481 e. The lowest BCUT2D eigenvalue weighted by molar-refractivity contribution is -0.139. The zero-order valence-corrected chi connectivity index (χ0v) is 10.7. The number of carboxylic acids is 1. The summed E-state index contributed by atoms with van der Waals surface area (Å²) in [6.45, 7) is 6.47. The number of imidazole rings is 1. The molecule has 1 heterocycles. The van der Waals surface area contributed by atoms with E-state index >= 15 is 0 Å². The normalized spacial score (nSPS) is 20.1. The first-order chi connectivity index (χ1) is 7.87. The highest BCUT2D eigenvalue weighted by Crippen LogP contribution is 2.31. The van der Waals surface area contributed by atoms with Gasteiger partial charge in [0.2, 0.25) is 0 Å². The van der Waals surface area contributed by atoms with Gasteiger partial charge in [0, 0.05) is 12.1 Å². The highest BCUT2D eigenvalue weighted by atomic mass is 16.4. The first-order valence-corrected chi connectivity index (χ1v) is 6.17. The molecule has 4 heteroatoms. The SMILES string of the molecule is CC(C)(C)Cc1nc2c([nH]1)CCCC2C(=O)O. The van der Waals surface area contributed by atoms with E-state index in [9.17, 15) is 9.90 Å². The Morgan fingerprint density at radius 3 is 2.82 bits per heavy atom. The minimum atomic E-state index is -0.750. The second-order valence-electron chi connectivity index (χ2n) is 6.07. The summed E-state index contributed by atoms with van der Waals surface area (Å²) in [6.07, 6.45) is 3.42. The lowest BCUT2D eigenvalue weighted by Gasteiger charge is -2.16. The molecule has 17 heavy (non-hydrogen) atoms. The number of aliphatic carboxylic acids is 1. The number of fused-ring (bicyclic) bond motifs is 1. The second-order valence-corrected chi connectivity index (χ2v) is 6.07. The molecule has 1 aromatic rings. The van der Waals surface area contributed by atoms with Gasteiger partial charge in [0.1, 0.15) is 11.7 Å². The standard InChI is InChI=1S/C13H20N2O2/c1-13(2,3)7-10-14-9-6-4-5-8(12(16)17)11(9)15-10/h8H,4-7H2,1-3H3,(H,14,15)(H,16,17). The number of aromatic amines is 1. The van der Waals surface area contributed by atoms with Crippen molar-refractivity contribution < 1.29 is 9.90 Å². The van der Waals surface area contributed by atoms with Gasteiger partial charge in [-0.15, -0.1) is 0 Å². The molecule has 0 fully saturated rings. The molecule has 2 N–H and O–H groups in total. The van der Waals surface area contributed by atoms with Crippen LogP contribution in [0.15, 0.2) is 0 Å². The van der Waals surface area contributed by atoms with Gasteiger partial charge in [-0.3, -0.25) is 4.79 Å². The van der Waals surface area contributed by atoms with Gasteiger partial charge in [0.15, 0.2) is 0 Å². The van der Waals surface area contributed by atoms with Crippen LogP contribution in [0.4, 0.5) is 0 Å². The lowest BCUT2D eigenvalue weighted by Crippen LogP contribution is -2.17. The third-order valence-electron chi connectivity index (χ3n) is 3.11. The Labute approximate surface area is 101 Å². The van der Waals surface area contributed by atoms with Crippen LogP contribution in [0.25, 0.3) is 0 Å². The van der Waals surface area contributed by atoms with E-state index in [0.717, 1.165) is 36.5 Å². The number of hydrogen-bond donors (Lipinski definition) is 2. The molecule has 1 aliphatic rings. The van der Waals surface area contributed by atoms with Gasteiger partial charge in [0.25, 0.3) is 0 Å². The molecule has 0 radical (unpaired) electrons. The summed E-state index contributed by atoms with van der Waals surface area (Å²) in [6, 6.07) is 0. The van der Waals surface area contributed by atoms with E-state index in [2.05, 4.69) is 30.7 Å². The number of aryl methyl sites for hydroxylation is 1. The van der Waals surface area contributed by atoms with Crippen LogP contribution in [-0.4, -0.2) is 21.0 Å². The van der Waals surface area contributed by atoms with Crippen molar-refractivity contribution in [1.82, 2.24) is 9.97 Å². The fourth-order valence-electron chi connectivity index (χ4n) is 2.40. The van der Waals surface area contributed by atoms with E-state index in [1.54, 1.807) is 0 Å². The van der Waals surface area contributed by atoms with Crippen LogP contribution in [0.5, 0.6) is 0 Å². The Kier molecular flexibility index (Phi) is 2.98. The highest BCUT2D eigenvalue weighted by molar-refractivity contribution is 5.76. The van der Waals surface area contributed by atoms with Crippen molar-refractivity contribution in [3.05, 3.63) is 17.2 Å². The van der Waals surface area contributed by atoms with Gasteiger partial charge in [-0.1, -0.05) is 20.8 Å². The van der Waals surface area contributed by atoms with Crippen LogP contribution in [0.2, 0.25) is 0 Å². The van der Waals surface area contributed by atoms with Crippen molar-refractivity contribution >= 4 is 5.97 Å². The largest absolute Gasteiger partial charge is 0.481 e. The maximum absolute atomic E-state index is 11.2. The molecule has 0 amide bonds. The Morgan fingerprint density at radius 1 is 1.53 bits per heavy atom. The van der Waals surface area contributed by atoms with E-state index in [4.69, 9.17) is 0 Å². The van der Waals surface area contributed by atoms with E-state index in [1.807, 2.05) is 0 Å². The van der Waals surface area contributed by atoms with Gasteiger partial charge in [-0.2, -0.15) is 0 Å². The van der Waals surface area contributed by atoms with Gasteiger partial charge < -0.3 is 10.1 Å². The average Bonchev–Trinajstić information content (AvgIpc) is 2.55. The van der Waals surface area contributed by atoms with E-state index in [-0.39, 0.29) is 5.41 Å². The molecule has 0 spiro atoms. The number of aromatic nitrogens is 2. The van der Waals surface area contributed by atoms with Crippen LogP contribution in [0, 0.1) is 5.41 Å².